The van der Waals surface area contributed by atoms with Gasteiger partial charge in [-0.2, -0.15) is 10.5 Å². The van der Waals surface area contributed by atoms with Crippen LogP contribution in [0.1, 0.15) is 11.1 Å². The maximum atomic E-state index is 8.29. The van der Waals surface area contributed by atoms with E-state index in [1.54, 1.807) is 24.3 Å². The van der Waals surface area contributed by atoms with Crippen LogP contribution in [0.4, 0.5) is 0 Å². The van der Waals surface area contributed by atoms with Gasteiger partial charge in [0.2, 0.25) is 0 Å². The molecule has 2 aromatic carbocycles. The average Bonchev–Trinajstić information content (AvgIpc) is 2.51. The molecule has 18 heavy (non-hydrogen) atoms. The normalized spacial score (nSPS) is 7.22. The highest BCUT2D eigenvalue weighted by Crippen LogP contribution is 1.93. The third-order valence-electron chi connectivity index (χ3n) is 1.81. The Kier molecular flexibility index (Phi) is 8.89. The SMILES string of the molecule is C=O.N#Cc1ccccc1.N#Cc1ccccc1. The highest BCUT2D eigenvalue weighted by atomic mass is 16.1. The summed E-state index contributed by atoms with van der Waals surface area (Å²) >= 11 is 0. The molecule has 0 aromatic heterocycles. The fraction of sp³-hybridized carbons (Fsp3) is 0. The standard InChI is InChI=1S/2C7H5N.CH2O/c2*8-6-7-4-2-1-3-5-7;1-2/h2*1-5H;1H2. The largest absolute Gasteiger partial charge is 0.307 e. The monoisotopic (exact) mass is 236 g/mol. The molecule has 0 fully saturated rings. The van der Waals surface area contributed by atoms with E-state index in [1.165, 1.54) is 0 Å². The van der Waals surface area contributed by atoms with Gasteiger partial charge in [0.05, 0.1) is 23.3 Å². The second kappa shape index (κ2) is 10.6. The number of benzene rings is 2. The fourth-order valence-electron chi connectivity index (χ4n) is 1.03. The smallest absolute Gasteiger partial charge is 0.106 e. The van der Waals surface area contributed by atoms with E-state index >= 15 is 0 Å². The zero-order chi connectivity index (χ0) is 13.6. The number of hydrogen-bond donors (Lipinski definition) is 0. The van der Waals surface area contributed by atoms with Gasteiger partial charge in [0.25, 0.3) is 0 Å². The molecule has 3 nitrogen and oxygen atoms in total. The molecule has 88 valence electrons. The van der Waals surface area contributed by atoms with Crippen LogP contribution in [0.2, 0.25) is 0 Å². The van der Waals surface area contributed by atoms with Crippen LogP contribution in [-0.4, -0.2) is 6.79 Å². The number of hydrogen-bond acceptors (Lipinski definition) is 3. The highest BCUT2D eigenvalue weighted by molar-refractivity contribution is 5.27. The Morgan fingerprint density at radius 3 is 1.11 bits per heavy atom. The summed E-state index contributed by atoms with van der Waals surface area (Å²) in [6, 6.07) is 22.3. The lowest BCUT2D eigenvalue weighted by molar-refractivity contribution is -0.0979. The van der Waals surface area contributed by atoms with Crippen molar-refractivity contribution in [1.29, 1.82) is 10.5 Å². The molecule has 0 aliphatic heterocycles. The predicted octanol–water partition coefficient (Wildman–Crippen LogP) is 2.93. The zero-order valence-electron chi connectivity index (χ0n) is 9.78. The van der Waals surface area contributed by atoms with Gasteiger partial charge in [-0.25, -0.2) is 0 Å². The average molecular weight is 236 g/mol. The zero-order valence-corrected chi connectivity index (χ0v) is 9.78. The quantitative estimate of drug-likeness (QED) is 0.706. The van der Waals surface area contributed by atoms with Gasteiger partial charge >= 0.3 is 0 Å². The van der Waals surface area contributed by atoms with E-state index in [0.29, 0.717) is 11.1 Å². The van der Waals surface area contributed by atoms with E-state index in [1.807, 2.05) is 55.3 Å². The van der Waals surface area contributed by atoms with Crippen molar-refractivity contribution in [2.24, 2.45) is 0 Å². The minimum absolute atomic E-state index is 0.715. The first-order chi connectivity index (χ1) is 8.86. The van der Waals surface area contributed by atoms with E-state index in [-0.39, 0.29) is 0 Å². The van der Waals surface area contributed by atoms with Gasteiger partial charge in [0, 0.05) is 0 Å². The predicted molar refractivity (Wildman–Crippen MR) is 69.4 cm³/mol. The van der Waals surface area contributed by atoms with E-state index in [2.05, 4.69) is 0 Å². The van der Waals surface area contributed by atoms with Crippen molar-refractivity contribution in [1.82, 2.24) is 0 Å². The summed E-state index contributed by atoms with van der Waals surface area (Å²) in [7, 11) is 0. The molecule has 0 radical (unpaired) electrons. The van der Waals surface area contributed by atoms with Crippen molar-refractivity contribution in [3.8, 4) is 12.1 Å². The molecular formula is C15H12N2O. The molecule has 0 bridgehead atoms. The van der Waals surface area contributed by atoms with Gasteiger partial charge in [-0.1, -0.05) is 36.4 Å². The van der Waals surface area contributed by atoms with E-state index < -0.39 is 0 Å². The second-order valence-corrected chi connectivity index (χ2v) is 2.96. The maximum Gasteiger partial charge on any atom is 0.106 e. The van der Waals surface area contributed by atoms with Crippen molar-refractivity contribution in [2.75, 3.05) is 0 Å². The van der Waals surface area contributed by atoms with Crippen LogP contribution in [0.25, 0.3) is 0 Å². The molecule has 2 rings (SSSR count). The molecule has 0 unspecified atom stereocenters. The number of carbonyl (C=O) groups is 1. The molecule has 0 atom stereocenters. The Labute approximate surface area is 107 Å². The number of carbonyl (C=O) groups excluding carboxylic acids is 1. The molecule has 0 saturated heterocycles. The molecule has 0 aliphatic rings. The van der Waals surface area contributed by atoms with E-state index in [0.717, 1.165) is 0 Å². The number of nitrogens with zero attached hydrogens (tertiary/aromatic N) is 2. The molecule has 0 amide bonds. The van der Waals surface area contributed by atoms with Crippen molar-refractivity contribution >= 4 is 6.79 Å². The topological polar surface area (TPSA) is 64.7 Å². The summed E-state index contributed by atoms with van der Waals surface area (Å²) in [6.07, 6.45) is 0. The molecule has 0 spiro atoms. The number of rotatable bonds is 0. The molecular weight excluding hydrogens is 224 g/mol. The minimum Gasteiger partial charge on any atom is -0.307 e. The summed E-state index contributed by atoms with van der Waals surface area (Å²) in [4.78, 5) is 8.00. The molecule has 3 heteroatoms. The minimum atomic E-state index is 0.715. The van der Waals surface area contributed by atoms with E-state index in [4.69, 9.17) is 15.3 Å². The summed E-state index contributed by atoms with van der Waals surface area (Å²) in [6.45, 7) is 2.00. The van der Waals surface area contributed by atoms with Crippen LogP contribution in [-0.2, 0) is 4.79 Å². The molecule has 0 heterocycles. The first kappa shape index (κ1) is 15.1. The van der Waals surface area contributed by atoms with Crippen LogP contribution in [0.5, 0.6) is 0 Å². The lowest BCUT2D eigenvalue weighted by atomic mass is 10.2. The van der Waals surface area contributed by atoms with Gasteiger partial charge in [-0.15, -0.1) is 0 Å². The summed E-state index contributed by atoms with van der Waals surface area (Å²) in [5, 5.41) is 16.6. The van der Waals surface area contributed by atoms with Crippen LogP contribution in [0.3, 0.4) is 0 Å². The molecule has 0 aliphatic carbocycles. The van der Waals surface area contributed by atoms with Crippen molar-refractivity contribution < 1.29 is 4.79 Å². The van der Waals surface area contributed by atoms with Gasteiger partial charge in [0.15, 0.2) is 0 Å². The molecule has 0 N–H and O–H groups in total. The Morgan fingerprint density at radius 1 is 0.667 bits per heavy atom. The number of nitriles is 2. The molecule has 2 aromatic rings. The maximum absolute atomic E-state index is 8.29. The van der Waals surface area contributed by atoms with Gasteiger partial charge in [-0.3, -0.25) is 0 Å². The third kappa shape index (κ3) is 6.55. The second-order valence-electron chi connectivity index (χ2n) is 2.96. The molecule has 0 saturated carbocycles. The van der Waals surface area contributed by atoms with Crippen LogP contribution < -0.4 is 0 Å². The van der Waals surface area contributed by atoms with Gasteiger partial charge < -0.3 is 4.79 Å². The Balaban J connectivity index is 0.000000283. The van der Waals surface area contributed by atoms with E-state index in [9.17, 15) is 0 Å². The summed E-state index contributed by atoms with van der Waals surface area (Å²) in [5.41, 5.74) is 1.43. The lowest BCUT2D eigenvalue weighted by Gasteiger charge is -1.80. The van der Waals surface area contributed by atoms with Crippen molar-refractivity contribution in [2.45, 2.75) is 0 Å². The van der Waals surface area contributed by atoms with Crippen LogP contribution >= 0.6 is 0 Å². The van der Waals surface area contributed by atoms with Gasteiger partial charge in [-0.05, 0) is 24.3 Å². The van der Waals surface area contributed by atoms with Crippen LogP contribution in [0.15, 0.2) is 60.7 Å². The first-order valence-electron chi connectivity index (χ1n) is 5.06. The van der Waals surface area contributed by atoms with Crippen LogP contribution in [0, 0.1) is 22.7 Å². The lowest BCUT2D eigenvalue weighted by Crippen LogP contribution is -1.66. The Morgan fingerprint density at radius 2 is 0.944 bits per heavy atom. The van der Waals surface area contributed by atoms with Gasteiger partial charge in [0.1, 0.15) is 6.79 Å². The fourth-order valence-corrected chi connectivity index (χ4v) is 1.03. The van der Waals surface area contributed by atoms with Crippen molar-refractivity contribution in [3.63, 3.8) is 0 Å². The highest BCUT2D eigenvalue weighted by Gasteiger charge is 1.80. The first-order valence-corrected chi connectivity index (χ1v) is 5.06. The van der Waals surface area contributed by atoms with Crippen molar-refractivity contribution in [3.05, 3.63) is 71.8 Å². The summed E-state index contributed by atoms with van der Waals surface area (Å²) in [5.74, 6) is 0. The third-order valence-corrected chi connectivity index (χ3v) is 1.81. The summed E-state index contributed by atoms with van der Waals surface area (Å²) < 4.78 is 0. The Hall–Kier alpha value is -2.91. The Bertz CT molecular complexity index is 460.